The lowest BCUT2D eigenvalue weighted by Gasteiger charge is -2.23. The minimum absolute atomic E-state index is 0.225. The number of hydrogen-bond donors (Lipinski definition) is 1. The quantitative estimate of drug-likeness (QED) is 0.652. The molecule has 4 rings (SSSR count). The minimum atomic E-state index is -0.923. The molecule has 0 aliphatic carbocycles. The molecule has 25 heavy (non-hydrogen) atoms. The molecule has 0 radical (unpaired) electrons. The summed E-state index contributed by atoms with van der Waals surface area (Å²) in [7, 11) is 0. The smallest absolute Gasteiger partial charge is 0.330 e. The number of H-pyrrole nitrogens is 1. The lowest BCUT2D eigenvalue weighted by atomic mass is 10.1. The molecule has 1 N–H and O–H groups in total. The normalized spacial score (nSPS) is 28.0. The summed E-state index contributed by atoms with van der Waals surface area (Å²) in [5.41, 5.74) is -0.411. The molecule has 4 atom stereocenters. The summed E-state index contributed by atoms with van der Waals surface area (Å²) in [5.74, 6) is -0.524. The summed E-state index contributed by atoms with van der Waals surface area (Å²) in [6.45, 7) is 1.83. The molecule has 0 spiro atoms. The van der Waals surface area contributed by atoms with Gasteiger partial charge in [0, 0.05) is 19.2 Å². The molecule has 0 unspecified atom stereocenters. The summed E-state index contributed by atoms with van der Waals surface area (Å²) >= 11 is 0. The van der Waals surface area contributed by atoms with Crippen molar-refractivity contribution in [3.8, 4) is 0 Å². The number of rotatable bonds is 2. The van der Waals surface area contributed by atoms with E-state index in [2.05, 4.69) is 15.3 Å². The van der Waals surface area contributed by atoms with Crippen molar-refractivity contribution in [2.45, 2.75) is 44.6 Å². The Hall–Kier alpha value is -2.79. The highest BCUT2D eigenvalue weighted by molar-refractivity contribution is 5.66. The van der Waals surface area contributed by atoms with Gasteiger partial charge in [0.05, 0.1) is 25.0 Å². The second-order valence-corrected chi connectivity index (χ2v) is 5.84. The van der Waals surface area contributed by atoms with E-state index in [1.807, 2.05) is 0 Å². The van der Waals surface area contributed by atoms with Crippen LogP contribution >= 0.6 is 0 Å². The van der Waals surface area contributed by atoms with E-state index >= 15 is 0 Å². The van der Waals surface area contributed by atoms with Crippen molar-refractivity contribution in [3.05, 3.63) is 45.0 Å². The van der Waals surface area contributed by atoms with Crippen molar-refractivity contribution in [3.63, 3.8) is 0 Å². The first-order valence-corrected chi connectivity index (χ1v) is 7.66. The van der Waals surface area contributed by atoms with Crippen molar-refractivity contribution in [2.24, 2.45) is 0 Å². The maximum Gasteiger partial charge on any atom is 0.330 e. The zero-order valence-electron chi connectivity index (χ0n) is 13.2. The third kappa shape index (κ3) is 2.76. The van der Waals surface area contributed by atoms with E-state index in [-0.39, 0.29) is 6.61 Å². The Balaban J connectivity index is 1.71. The molecule has 1 fully saturated rings. The number of ether oxygens (including phenoxy) is 3. The van der Waals surface area contributed by atoms with E-state index in [0.29, 0.717) is 6.54 Å². The highest BCUT2D eigenvalue weighted by Gasteiger charge is 2.50. The van der Waals surface area contributed by atoms with Crippen LogP contribution in [-0.4, -0.2) is 48.8 Å². The topological polar surface area (TPSA) is 130 Å². The molecule has 1 saturated heterocycles. The summed E-state index contributed by atoms with van der Waals surface area (Å²) < 4.78 is 20.0. The summed E-state index contributed by atoms with van der Waals surface area (Å²) in [4.78, 5) is 37.1. The Morgan fingerprint density at radius 2 is 2.28 bits per heavy atom. The first kappa shape index (κ1) is 15.7. The number of fused-ring (bicyclic) bond motifs is 2. The molecule has 2 aromatic heterocycles. The molecule has 11 nitrogen and oxygen atoms in total. The van der Waals surface area contributed by atoms with Crippen LogP contribution in [-0.2, 0) is 32.2 Å². The van der Waals surface area contributed by atoms with Gasteiger partial charge >= 0.3 is 11.7 Å². The molecule has 11 heteroatoms. The van der Waals surface area contributed by atoms with Gasteiger partial charge in [-0.1, -0.05) is 5.21 Å². The molecule has 2 aliphatic rings. The predicted molar refractivity (Wildman–Crippen MR) is 79.4 cm³/mol. The second-order valence-electron chi connectivity index (χ2n) is 5.84. The van der Waals surface area contributed by atoms with Gasteiger partial charge in [-0.05, 0) is 0 Å². The van der Waals surface area contributed by atoms with Gasteiger partial charge in [0.2, 0.25) is 0 Å². The van der Waals surface area contributed by atoms with Gasteiger partial charge in [0.15, 0.2) is 12.3 Å². The Bertz CT molecular complexity index is 917. The third-order valence-corrected chi connectivity index (χ3v) is 4.19. The summed E-state index contributed by atoms with van der Waals surface area (Å²) in [6.07, 6.45) is 0.0304. The van der Waals surface area contributed by atoms with Crippen LogP contribution in [0.25, 0.3) is 0 Å². The number of nitrogens with zero attached hydrogens (tertiary/aromatic N) is 4. The zero-order valence-corrected chi connectivity index (χ0v) is 13.2. The van der Waals surface area contributed by atoms with Crippen LogP contribution < -0.4 is 11.2 Å². The average molecular weight is 349 g/mol. The van der Waals surface area contributed by atoms with Crippen LogP contribution in [0.2, 0.25) is 0 Å². The number of aromatic amines is 1. The average Bonchev–Trinajstić information content (AvgIpc) is 3.07. The van der Waals surface area contributed by atoms with Gasteiger partial charge in [0.1, 0.15) is 12.2 Å². The van der Waals surface area contributed by atoms with Crippen LogP contribution in [0.15, 0.2) is 28.0 Å². The monoisotopic (exact) mass is 349 g/mol. The van der Waals surface area contributed by atoms with Crippen molar-refractivity contribution >= 4 is 5.97 Å². The second kappa shape index (κ2) is 5.93. The highest BCUT2D eigenvalue weighted by Crippen LogP contribution is 2.35. The van der Waals surface area contributed by atoms with Crippen molar-refractivity contribution in [1.82, 2.24) is 24.5 Å². The first-order chi connectivity index (χ1) is 12.0. The Morgan fingerprint density at radius 3 is 3.04 bits per heavy atom. The Labute approximate surface area is 140 Å². The number of carbonyl (C=O) groups is 1. The molecule has 2 aliphatic heterocycles. The molecule has 4 heterocycles. The van der Waals surface area contributed by atoms with Gasteiger partial charge < -0.3 is 14.2 Å². The molecule has 0 saturated carbocycles. The van der Waals surface area contributed by atoms with Crippen molar-refractivity contribution in [1.29, 1.82) is 0 Å². The molecule has 0 bridgehead atoms. The number of aromatic nitrogens is 5. The van der Waals surface area contributed by atoms with Crippen molar-refractivity contribution < 1.29 is 19.0 Å². The number of hydrogen-bond acceptors (Lipinski definition) is 8. The predicted octanol–water partition coefficient (Wildman–Crippen LogP) is -1.44. The maximum atomic E-state index is 12.1. The largest absolute Gasteiger partial charge is 0.455 e. The van der Waals surface area contributed by atoms with Crippen LogP contribution in [0.5, 0.6) is 0 Å². The van der Waals surface area contributed by atoms with Gasteiger partial charge in [-0.2, -0.15) is 0 Å². The molecular weight excluding hydrogens is 334 g/mol. The van der Waals surface area contributed by atoms with E-state index in [1.165, 1.54) is 23.8 Å². The standard InChI is InChI=1S/C14H15N5O6/c1-7(20)24-12-11-9(5-19-8(6-23-11)4-15-17-19)25-13(12)18-3-2-10(21)16-14(18)22/h2-4,9,11-13H,5-6H2,1H3,(H,16,21,22)/t9-,11+,12-,13-/m1/s1. The van der Waals surface area contributed by atoms with Crippen LogP contribution in [0.4, 0.5) is 0 Å². The van der Waals surface area contributed by atoms with Crippen LogP contribution in [0.1, 0.15) is 18.8 Å². The van der Waals surface area contributed by atoms with E-state index in [0.717, 1.165) is 5.69 Å². The van der Waals surface area contributed by atoms with E-state index in [9.17, 15) is 14.4 Å². The number of nitrogens with one attached hydrogen (secondary N) is 1. The fraction of sp³-hybridized carbons (Fsp3) is 0.500. The molecule has 0 aromatic carbocycles. The molecular formula is C14H15N5O6. The SMILES string of the molecule is CC(=O)O[C@@H]1[C@H]2OCc3cnnn3C[C@H]2O[C@H]1n1ccc(=O)[nH]c1=O. The fourth-order valence-corrected chi connectivity index (χ4v) is 3.12. The van der Waals surface area contributed by atoms with E-state index in [4.69, 9.17) is 14.2 Å². The molecule has 2 aromatic rings. The number of esters is 1. The van der Waals surface area contributed by atoms with Crippen LogP contribution in [0.3, 0.4) is 0 Å². The maximum absolute atomic E-state index is 12.1. The summed E-state index contributed by atoms with van der Waals surface area (Å²) in [6, 6.07) is 1.19. The van der Waals surface area contributed by atoms with Gasteiger partial charge in [-0.25, -0.2) is 9.48 Å². The summed E-state index contributed by atoms with van der Waals surface area (Å²) in [5, 5.41) is 7.80. The third-order valence-electron chi connectivity index (χ3n) is 4.19. The molecule has 0 amide bonds. The van der Waals surface area contributed by atoms with E-state index in [1.54, 1.807) is 10.9 Å². The lowest BCUT2D eigenvalue weighted by Crippen LogP contribution is -2.40. The highest BCUT2D eigenvalue weighted by atomic mass is 16.6. The first-order valence-electron chi connectivity index (χ1n) is 7.66. The lowest BCUT2D eigenvalue weighted by molar-refractivity contribution is -0.158. The molecule has 132 valence electrons. The van der Waals surface area contributed by atoms with Gasteiger partial charge in [-0.15, -0.1) is 5.10 Å². The number of carbonyl (C=O) groups excluding carboxylic acids is 1. The van der Waals surface area contributed by atoms with Crippen molar-refractivity contribution in [2.75, 3.05) is 0 Å². The zero-order chi connectivity index (χ0) is 17.6. The minimum Gasteiger partial charge on any atom is -0.455 e. The van der Waals surface area contributed by atoms with Crippen LogP contribution in [0, 0.1) is 0 Å². The van der Waals surface area contributed by atoms with Gasteiger partial charge in [-0.3, -0.25) is 19.1 Å². The Kier molecular flexibility index (Phi) is 3.73. The van der Waals surface area contributed by atoms with E-state index < -0.39 is 41.8 Å². The Morgan fingerprint density at radius 1 is 1.44 bits per heavy atom. The van der Waals surface area contributed by atoms with Gasteiger partial charge in [0.25, 0.3) is 5.56 Å². The fourth-order valence-electron chi connectivity index (χ4n) is 3.12.